The number of para-hydroxylation sites is 3. The molecule has 0 saturated heterocycles. The monoisotopic (exact) mass is 381 g/mol. The molecule has 0 atom stereocenters. The van der Waals surface area contributed by atoms with Crippen LogP contribution in [0.5, 0.6) is 0 Å². The van der Waals surface area contributed by atoms with Gasteiger partial charge in [0, 0.05) is 17.3 Å². The number of aromatic nitrogens is 2. The highest BCUT2D eigenvalue weighted by molar-refractivity contribution is 6.03. The van der Waals surface area contributed by atoms with Gasteiger partial charge in [-0.3, -0.25) is 9.59 Å². The number of fused-ring (bicyclic) bond motifs is 2. The van der Waals surface area contributed by atoms with E-state index in [0.717, 1.165) is 16.6 Å². The molecular formula is C23H15N3O3. The number of hydrogen-bond donors (Lipinski definition) is 2. The van der Waals surface area contributed by atoms with E-state index in [0.29, 0.717) is 22.5 Å². The molecule has 2 heterocycles. The van der Waals surface area contributed by atoms with Gasteiger partial charge in [-0.2, -0.15) is 0 Å². The molecule has 0 unspecified atom stereocenters. The lowest BCUT2D eigenvalue weighted by atomic mass is 10.2. The number of rotatable bonds is 3. The Balaban J connectivity index is 1.46. The zero-order chi connectivity index (χ0) is 19.8. The van der Waals surface area contributed by atoms with Crippen LogP contribution in [-0.2, 0) is 0 Å². The summed E-state index contributed by atoms with van der Waals surface area (Å²) >= 11 is 0. The zero-order valence-corrected chi connectivity index (χ0v) is 15.2. The van der Waals surface area contributed by atoms with Crippen molar-refractivity contribution in [2.45, 2.75) is 0 Å². The lowest BCUT2D eigenvalue weighted by Gasteiger charge is -2.07. The van der Waals surface area contributed by atoms with E-state index in [-0.39, 0.29) is 11.2 Å². The predicted octanol–water partition coefficient (Wildman–Crippen LogP) is 4.59. The first-order valence-electron chi connectivity index (χ1n) is 9.07. The van der Waals surface area contributed by atoms with Gasteiger partial charge in [0.25, 0.3) is 5.91 Å². The Kier molecular flexibility index (Phi) is 3.95. The number of nitrogens with one attached hydrogen (secondary N) is 2. The first-order valence-corrected chi connectivity index (χ1v) is 9.07. The van der Waals surface area contributed by atoms with Crippen LogP contribution in [0.3, 0.4) is 0 Å². The summed E-state index contributed by atoms with van der Waals surface area (Å²) < 4.78 is 5.60. The van der Waals surface area contributed by atoms with Crippen LogP contribution in [0.25, 0.3) is 33.4 Å². The lowest BCUT2D eigenvalue weighted by Crippen LogP contribution is -2.15. The van der Waals surface area contributed by atoms with Crippen molar-refractivity contribution in [3.63, 3.8) is 0 Å². The fourth-order valence-electron chi connectivity index (χ4n) is 3.24. The fourth-order valence-corrected chi connectivity index (χ4v) is 3.24. The Bertz CT molecular complexity index is 1400. The quantitative estimate of drug-likeness (QED) is 0.478. The number of benzene rings is 3. The maximum atomic E-state index is 12.6. The third kappa shape index (κ3) is 3.17. The normalized spacial score (nSPS) is 11.0. The average molecular weight is 381 g/mol. The predicted molar refractivity (Wildman–Crippen MR) is 112 cm³/mol. The molecule has 0 aliphatic heterocycles. The number of amides is 1. The minimum absolute atomic E-state index is 0.0390. The smallest absolute Gasteiger partial charge is 0.291 e. The van der Waals surface area contributed by atoms with Crippen LogP contribution in [0.1, 0.15) is 10.6 Å². The van der Waals surface area contributed by atoms with Crippen LogP contribution in [-0.4, -0.2) is 15.9 Å². The average Bonchev–Trinajstić information content (AvgIpc) is 3.18. The van der Waals surface area contributed by atoms with E-state index >= 15 is 0 Å². The molecule has 0 aliphatic carbocycles. The molecule has 2 N–H and O–H groups in total. The van der Waals surface area contributed by atoms with Crippen LogP contribution < -0.4 is 10.7 Å². The van der Waals surface area contributed by atoms with E-state index in [1.54, 1.807) is 30.3 Å². The van der Waals surface area contributed by atoms with Crippen molar-refractivity contribution in [3.8, 4) is 11.4 Å². The van der Waals surface area contributed by atoms with Gasteiger partial charge in [0.15, 0.2) is 11.2 Å². The van der Waals surface area contributed by atoms with Crippen LogP contribution in [0, 0.1) is 0 Å². The maximum Gasteiger partial charge on any atom is 0.291 e. The highest BCUT2D eigenvalue weighted by atomic mass is 16.3. The SMILES string of the molecule is O=C(Nc1cccc(-c2nc3ccccc3[nH]2)c1)c1cc(=O)c2ccccc2o1. The molecular weight excluding hydrogens is 366 g/mol. The molecule has 1 amide bonds. The Labute approximate surface area is 164 Å². The second-order valence-electron chi connectivity index (χ2n) is 6.61. The van der Waals surface area contributed by atoms with E-state index in [9.17, 15) is 9.59 Å². The second-order valence-corrected chi connectivity index (χ2v) is 6.61. The van der Waals surface area contributed by atoms with Crippen LogP contribution in [0.4, 0.5) is 5.69 Å². The number of H-pyrrole nitrogens is 1. The molecule has 140 valence electrons. The molecule has 0 spiro atoms. The summed E-state index contributed by atoms with van der Waals surface area (Å²) in [4.78, 5) is 32.7. The lowest BCUT2D eigenvalue weighted by molar-refractivity contribution is 0.0997. The summed E-state index contributed by atoms with van der Waals surface area (Å²) in [5, 5.41) is 3.22. The number of nitrogens with zero attached hydrogens (tertiary/aromatic N) is 1. The fraction of sp³-hybridized carbons (Fsp3) is 0. The number of carbonyl (C=O) groups is 1. The topological polar surface area (TPSA) is 88.0 Å². The minimum atomic E-state index is -0.491. The van der Waals surface area contributed by atoms with Crippen molar-refractivity contribution in [1.29, 1.82) is 0 Å². The van der Waals surface area contributed by atoms with E-state index in [1.807, 2.05) is 42.5 Å². The van der Waals surface area contributed by atoms with Crippen molar-refractivity contribution in [1.82, 2.24) is 9.97 Å². The molecule has 6 nitrogen and oxygen atoms in total. The molecule has 29 heavy (non-hydrogen) atoms. The molecule has 5 rings (SSSR count). The van der Waals surface area contributed by atoms with Crippen molar-refractivity contribution < 1.29 is 9.21 Å². The number of imidazole rings is 1. The van der Waals surface area contributed by atoms with Gasteiger partial charge in [0.05, 0.1) is 16.4 Å². The van der Waals surface area contributed by atoms with Crippen LogP contribution in [0.2, 0.25) is 0 Å². The first kappa shape index (κ1) is 16.9. The number of hydrogen-bond acceptors (Lipinski definition) is 4. The third-order valence-corrected chi connectivity index (χ3v) is 4.64. The first-order chi connectivity index (χ1) is 14.2. The third-order valence-electron chi connectivity index (χ3n) is 4.64. The molecule has 2 aromatic heterocycles. The molecule has 3 aromatic carbocycles. The van der Waals surface area contributed by atoms with E-state index in [1.165, 1.54) is 6.07 Å². The summed E-state index contributed by atoms with van der Waals surface area (Å²) in [6.45, 7) is 0. The summed E-state index contributed by atoms with van der Waals surface area (Å²) in [5.74, 6) is 0.178. The summed E-state index contributed by atoms with van der Waals surface area (Å²) in [6, 6.07) is 23.1. The standard InChI is InChI=1S/C23H15N3O3/c27-19-13-21(29-20-11-4-1-8-16(19)20)23(28)24-15-7-5-6-14(12-15)22-25-17-9-2-3-10-18(17)26-22/h1-13H,(H,24,28)(H,25,26). The summed E-state index contributed by atoms with van der Waals surface area (Å²) in [5.41, 5.74) is 3.33. The van der Waals surface area contributed by atoms with Gasteiger partial charge >= 0.3 is 0 Å². The summed E-state index contributed by atoms with van der Waals surface area (Å²) in [7, 11) is 0. The minimum Gasteiger partial charge on any atom is -0.451 e. The number of carbonyl (C=O) groups excluding carboxylic acids is 1. The van der Waals surface area contributed by atoms with Crippen molar-refractivity contribution >= 4 is 33.6 Å². The van der Waals surface area contributed by atoms with Crippen molar-refractivity contribution in [3.05, 3.63) is 94.8 Å². The van der Waals surface area contributed by atoms with Gasteiger partial charge in [-0.15, -0.1) is 0 Å². The van der Waals surface area contributed by atoms with Crippen molar-refractivity contribution in [2.75, 3.05) is 5.32 Å². The molecule has 0 aliphatic rings. The molecule has 0 bridgehead atoms. The van der Waals surface area contributed by atoms with Gasteiger partial charge in [-0.05, 0) is 36.4 Å². The van der Waals surface area contributed by atoms with Gasteiger partial charge in [0.2, 0.25) is 0 Å². The molecule has 0 fully saturated rings. The number of aromatic amines is 1. The van der Waals surface area contributed by atoms with Crippen LogP contribution in [0.15, 0.2) is 88.1 Å². The molecule has 0 radical (unpaired) electrons. The Morgan fingerprint density at radius 2 is 1.76 bits per heavy atom. The highest BCUT2D eigenvalue weighted by Gasteiger charge is 2.13. The Morgan fingerprint density at radius 3 is 2.66 bits per heavy atom. The van der Waals surface area contributed by atoms with E-state index in [4.69, 9.17) is 4.42 Å². The van der Waals surface area contributed by atoms with E-state index in [2.05, 4.69) is 15.3 Å². The largest absolute Gasteiger partial charge is 0.451 e. The highest BCUT2D eigenvalue weighted by Crippen LogP contribution is 2.23. The van der Waals surface area contributed by atoms with Gasteiger partial charge < -0.3 is 14.7 Å². The summed E-state index contributed by atoms with van der Waals surface area (Å²) in [6.07, 6.45) is 0. The molecule has 6 heteroatoms. The Hall–Kier alpha value is -4.19. The second kappa shape index (κ2) is 6.76. The van der Waals surface area contributed by atoms with Gasteiger partial charge in [-0.25, -0.2) is 4.98 Å². The van der Waals surface area contributed by atoms with Crippen molar-refractivity contribution in [2.24, 2.45) is 0 Å². The van der Waals surface area contributed by atoms with Gasteiger partial charge in [-0.1, -0.05) is 36.4 Å². The molecule has 5 aromatic rings. The number of anilines is 1. The molecule has 0 saturated carbocycles. The van der Waals surface area contributed by atoms with Gasteiger partial charge in [0.1, 0.15) is 11.4 Å². The van der Waals surface area contributed by atoms with E-state index < -0.39 is 5.91 Å². The zero-order valence-electron chi connectivity index (χ0n) is 15.2. The maximum absolute atomic E-state index is 12.6. The van der Waals surface area contributed by atoms with Crippen LogP contribution >= 0.6 is 0 Å². The Morgan fingerprint density at radius 1 is 0.931 bits per heavy atom.